The summed E-state index contributed by atoms with van der Waals surface area (Å²) in [5.41, 5.74) is 2.01. The molecule has 2 nitrogen and oxygen atoms in total. The number of aldehydes is 1. The van der Waals surface area contributed by atoms with Crippen LogP contribution in [-0.2, 0) is 0 Å². The predicted molar refractivity (Wildman–Crippen MR) is 59.6 cm³/mol. The van der Waals surface area contributed by atoms with Crippen LogP contribution in [0, 0.1) is 0 Å². The van der Waals surface area contributed by atoms with Gasteiger partial charge in [0.15, 0.2) is 12.0 Å². The van der Waals surface area contributed by atoms with Crippen LogP contribution in [0.4, 0.5) is 0 Å². The van der Waals surface area contributed by atoms with Gasteiger partial charge in [0.25, 0.3) is 0 Å². The van der Waals surface area contributed by atoms with Crippen LogP contribution < -0.4 is 0 Å². The highest BCUT2D eigenvalue weighted by Gasteiger charge is 2.02. The summed E-state index contributed by atoms with van der Waals surface area (Å²) in [7, 11) is 0. The fraction of sp³-hybridized carbons (Fsp3) is 0. The molecule has 2 heteroatoms. The second-order valence-electron chi connectivity index (χ2n) is 3.15. The van der Waals surface area contributed by atoms with Gasteiger partial charge in [-0.05, 0) is 17.7 Å². The zero-order valence-electron chi connectivity index (χ0n) is 8.14. The summed E-state index contributed by atoms with van der Waals surface area (Å²) in [6, 6.07) is 11.2. The first-order valence-electron chi connectivity index (χ1n) is 4.61. The molecule has 0 amide bonds. The van der Waals surface area contributed by atoms with Crippen LogP contribution in [-0.4, -0.2) is 6.29 Å². The zero-order chi connectivity index (χ0) is 10.7. The molecular formula is C13H10O2. The van der Waals surface area contributed by atoms with Gasteiger partial charge in [-0.1, -0.05) is 36.9 Å². The molecule has 0 unspecified atom stereocenters. The number of carbonyl (C=O) groups is 1. The standard InChI is InChI=1S/C13H10O2/c1-2-10-3-5-11(6-4-10)13-8-7-12(9-14)15-13/h2-9H,1H2. The molecule has 1 heterocycles. The molecule has 2 rings (SSSR count). The van der Waals surface area contributed by atoms with E-state index in [1.807, 2.05) is 24.3 Å². The van der Waals surface area contributed by atoms with E-state index in [9.17, 15) is 4.79 Å². The lowest BCUT2D eigenvalue weighted by molar-refractivity contribution is 0.110. The third kappa shape index (κ3) is 1.89. The summed E-state index contributed by atoms with van der Waals surface area (Å²) >= 11 is 0. The van der Waals surface area contributed by atoms with Gasteiger partial charge in [0.1, 0.15) is 5.76 Å². The van der Waals surface area contributed by atoms with E-state index >= 15 is 0 Å². The van der Waals surface area contributed by atoms with E-state index in [1.165, 1.54) is 0 Å². The van der Waals surface area contributed by atoms with E-state index in [0.29, 0.717) is 17.8 Å². The Hall–Kier alpha value is -2.09. The van der Waals surface area contributed by atoms with Crippen molar-refractivity contribution in [2.75, 3.05) is 0 Å². The van der Waals surface area contributed by atoms with Crippen molar-refractivity contribution in [3.8, 4) is 11.3 Å². The SMILES string of the molecule is C=Cc1ccc(-c2ccc(C=O)o2)cc1. The van der Waals surface area contributed by atoms with Gasteiger partial charge >= 0.3 is 0 Å². The Morgan fingerprint density at radius 1 is 1.07 bits per heavy atom. The minimum absolute atomic E-state index is 0.345. The Labute approximate surface area is 87.8 Å². The molecule has 74 valence electrons. The van der Waals surface area contributed by atoms with Crippen LogP contribution in [0.25, 0.3) is 17.4 Å². The topological polar surface area (TPSA) is 30.2 Å². The van der Waals surface area contributed by atoms with Gasteiger partial charge < -0.3 is 4.42 Å². The lowest BCUT2D eigenvalue weighted by Gasteiger charge is -1.97. The smallest absolute Gasteiger partial charge is 0.185 e. The summed E-state index contributed by atoms with van der Waals surface area (Å²) in [5.74, 6) is 1.05. The largest absolute Gasteiger partial charge is 0.453 e. The van der Waals surface area contributed by atoms with Crippen molar-refractivity contribution in [3.63, 3.8) is 0 Å². The summed E-state index contributed by atoms with van der Waals surface area (Å²) in [4.78, 5) is 10.4. The van der Waals surface area contributed by atoms with Crippen molar-refractivity contribution in [2.45, 2.75) is 0 Å². The molecule has 0 bridgehead atoms. The normalized spacial score (nSPS) is 9.87. The fourth-order valence-corrected chi connectivity index (χ4v) is 1.35. The van der Waals surface area contributed by atoms with E-state index in [1.54, 1.807) is 18.2 Å². The molecular weight excluding hydrogens is 188 g/mol. The van der Waals surface area contributed by atoms with Crippen LogP contribution in [0.1, 0.15) is 16.1 Å². The van der Waals surface area contributed by atoms with Crippen molar-refractivity contribution >= 4 is 12.4 Å². The molecule has 0 atom stereocenters. The number of rotatable bonds is 3. The molecule has 0 aliphatic rings. The minimum Gasteiger partial charge on any atom is -0.453 e. The number of hydrogen-bond donors (Lipinski definition) is 0. The van der Waals surface area contributed by atoms with Crippen molar-refractivity contribution in [2.24, 2.45) is 0 Å². The lowest BCUT2D eigenvalue weighted by atomic mass is 10.1. The van der Waals surface area contributed by atoms with Gasteiger partial charge in [0.05, 0.1) is 0 Å². The maximum atomic E-state index is 10.4. The minimum atomic E-state index is 0.345. The molecule has 0 spiro atoms. The van der Waals surface area contributed by atoms with E-state index in [-0.39, 0.29) is 0 Å². The highest BCUT2D eigenvalue weighted by atomic mass is 16.3. The molecule has 15 heavy (non-hydrogen) atoms. The molecule has 1 aromatic heterocycles. The monoisotopic (exact) mass is 198 g/mol. The Morgan fingerprint density at radius 3 is 2.33 bits per heavy atom. The highest BCUT2D eigenvalue weighted by Crippen LogP contribution is 2.22. The molecule has 0 saturated heterocycles. The molecule has 0 saturated carbocycles. The Kier molecular flexibility index (Phi) is 2.50. The number of hydrogen-bond acceptors (Lipinski definition) is 2. The lowest BCUT2D eigenvalue weighted by Crippen LogP contribution is -1.75. The first-order valence-corrected chi connectivity index (χ1v) is 4.61. The molecule has 0 aliphatic heterocycles. The molecule has 0 N–H and O–H groups in total. The van der Waals surface area contributed by atoms with Crippen molar-refractivity contribution < 1.29 is 9.21 Å². The summed E-state index contributed by atoms with van der Waals surface area (Å²) < 4.78 is 5.30. The number of carbonyl (C=O) groups excluding carboxylic acids is 1. The average Bonchev–Trinajstić information content (AvgIpc) is 2.78. The molecule has 0 fully saturated rings. The van der Waals surface area contributed by atoms with Gasteiger partial charge in [-0.3, -0.25) is 4.79 Å². The van der Waals surface area contributed by atoms with Crippen LogP contribution in [0.15, 0.2) is 47.4 Å². The van der Waals surface area contributed by atoms with Crippen molar-refractivity contribution in [3.05, 3.63) is 54.3 Å². The van der Waals surface area contributed by atoms with Crippen LogP contribution >= 0.6 is 0 Å². The van der Waals surface area contributed by atoms with Gasteiger partial charge in [0, 0.05) is 5.56 Å². The fourth-order valence-electron chi connectivity index (χ4n) is 1.35. The second kappa shape index (κ2) is 3.96. The first kappa shape index (κ1) is 9.46. The van der Waals surface area contributed by atoms with Crippen molar-refractivity contribution in [1.29, 1.82) is 0 Å². The van der Waals surface area contributed by atoms with Crippen LogP contribution in [0.3, 0.4) is 0 Å². The zero-order valence-corrected chi connectivity index (χ0v) is 8.14. The van der Waals surface area contributed by atoms with E-state index in [2.05, 4.69) is 6.58 Å². The molecule has 0 aliphatic carbocycles. The molecule has 0 radical (unpaired) electrons. The Morgan fingerprint density at radius 2 is 1.80 bits per heavy atom. The average molecular weight is 198 g/mol. The number of benzene rings is 1. The van der Waals surface area contributed by atoms with Gasteiger partial charge in [-0.15, -0.1) is 0 Å². The third-order valence-corrected chi connectivity index (χ3v) is 2.17. The maximum absolute atomic E-state index is 10.4. The second-order valence-corrected chi connectivity index (χ2v) is 3.15. The Balaban J connectivity index is 2.36. The van der Waals surface area contributed by atoms with Gasteiger partial charge in [0.2, 0.25) is 0 Å². The quantitative estimate of drug-likeness (QED) is 0.707. The van der Waals surface area contributed by atoms with Crippen LogP contribution in [0.2, 0.25) is 0 Å². The summed E-state index contributed by atoms with van der Waals surface area (Å²) in [6.45, 7) is 3.68. The molecule has 1 aromatic carbocycles. The maximum Gasteiger partial charge on any atom is 0.185 e. The molecule has 2 aromatic rings. The summed E-state index contributed by atoms with van der Waals surface area (Å²) in [5, 5.41) is 0. The number of furan rings is 1. The van der Waals surface area contributed by atoms with Crippen LogP contribution in [0.5, 0.6) is 0 Å². The Bertz CT molecular complexity index is 477. The van der Waals surface area contributed by atoms with Gasteiger partial charge in [-0.25, -0.2) is 0 Å². The van der Waals surface area contributed by atoms with E-state index < -0.39 is 0 Å². The third-order valence-electron chi connectivity index (χ3n) is 2.17. The highest BCUT2D eigenvalue weighted by molar-refractivity contribution is 5.73. The van der Waals surface area contributed by atoms with E-state index in [4.69, 9.17) is 4.42 Å². The predicted octanol–water partition coefficient (Wildman–Crippen LogP) is 3.40. The van der Waals surface area contributed by atoms with Gasteiger partial charge in [-0.2, -0.15) is 0 Å². The first-order chi connectivity index (χ1) is 7.33. The van der Waals surface area contributed by atoms with E-state index in [0.717, 1.165) is 11.1 Å². The van der Waals surface area contributed by atoms with Crippen molar-refractivity contribution in [1.82, 2.24) is 0 Å². The summed E-state index contributed by atoms with van der Waals surface area (Å²) in [6.07, 6.45) is 2.48.